The van der Waals surface area contributed by atoms with E-state index in [2.05, 4.69) is 9.89 Å². The number of ether oxygens (including phenoxy) is 1. The van der Waals surface area contributed by atoms with Crippen molar-refractivity contribution in [1.29, 1.82) is 0 Å². The summed E-state index contributed by atoms with van der Waals surface area (Å²) >= 11 is 0. The molecule has 0 saturated heterocycles. The first-order chi connectivity index (χ1) is 8.95. The third kappa shape index (κ3) is 2.18. The minimum atomic E-state index is -1.59. The Morgan fingerprint density at radius 3 is 2.37 bits per heavy atom. The van der Waals surface area contributed by atoms with Gasteiger partial charge in [0.25, 0.3) is 0 Å². The number of aryl methyl sites for hydroxylation is 1. The van der Waals surface area contributed by atoms with Crippen LogP contribution in [0.4, 0.5) is 13.2 Å². The van der Waals surface area contributed by atoms with Gasteiger partial charge in [-0.1, -0.05) is 5.16 Å². The third-order valence-corrected chi connectivity index (χ3v) is 2.51. The van der Waals surface area contributed by atoms with Gasteiger partial charge in [-0.2, -0.15) is 0 Å². The van der Waals surface area contributed by atoms with E-state index in [1.54, 1.807) is 0 Å². The molecule has 7 heteroatoms. The van der Waals surface area contributed by atoms with Gasteiger partial charge in [-0.05, 0) is 19.1 Å². The fourth-order valence-corrected chi connectivity index (χ4v) is 1.60. The molecule has 19 heavy (non-hydrogen) atoms. The molecule has 0 spiro atoms. The van der Waals surface area contributed by atoms with E-state index >= 15 is 0 Å². The summed E-state index contributed by atoms with van der Waals surface area (Å²) in [5, 5.41) is 3.54. The van der Waals surface area contributed by atoms with E-state index in [9.17, 15) is 18.0 Å². The van der Waals surface area contributed by atoms with Crippen LogP contribution in [-0.2, 0) is 4.74 Å². The van der Waals surface area contributed by atoms with Crippen molar-refractivity contribution >= 4 is 5.97 Å². The molecule has 0 radical (unpaired) electrons. The fourth-order valence-electron chi connectivity index (χ4n) is 1.60. The van der Waals surface area contributed by atoms with E-state index in [0.717, 1.165) is 19.2 Å². The molecule has 1 aromatic carbocycles. The Hall–Kier alpha value is -2.31. The Balaban J connectivity index is 2.63. The predicted octanol–water partition coefficient (Wildman–Crippen LogP) is 2.85. The van der Waals surface area contributed by atoms with Crippen LogP contribution in [0.25, 0.3) is 11.3 Å². The summed E-state index contributed by atoms with van der Waals surface area (Å²) in [6.07, 6.45) is 0. The molecule has 0 unspecified atom stereocenters. The molecule has 100 valence electrons. The van der Waals surface area contributed by atoms with E-state index < -0.39 is 23.4 Å². The van der Waals surface area contributed by atoms with Crippen molar-refractivity contribution in [3.05, 3.63) is 40.9 Å². The molecule has 2 aromatic rings. The van der Waals surface area contributed by atoms with Crippen LogP contribution in [-0.4, -0.2) is 18.2 Å². The predicted molar refractivity (Wildman–Crippen MR) is 57.9 cm³/mol. The van der Waals surface area contributed by atoms with Crippen molar-refractivity contribution in [3.63, 3.8) is 0 Å². The van der Waals surface area contributed by atoms with Crippen LogP contribution >= 0.6 is 0 Å². The van der Waals surface area contributed by atoms with Crippen LogP contribution in [0, 0.1) is 24.4 Å². The van der Waals surface area contributed by atoms with E-state index in [1.807, 2.05) is 0 Å². The molecule has 0 bridgehead atoms. The fraction of sp³-hybridized carbons (Fsp3) is 0.167. The van der Waals surface area contributed by atoms with Gasteiger partial charge < -0.3 is 9.26 Å². The van der Waals surface area contributed by atoms with Crippen LogP contribution in [0.15, 0.2) is 16.7 Å². The zero-order valence-corrected chi connectivity index (χ0v) is 9.96. The van der Waals surface area contributed by atoms with E-state index in [1.165, 1.54) is 6.92 Å². The summed E-state index contributed by atoms with van der Waals surface area (Å²) in [4.78, 5) is 11.5. The minimum Gasteiger partial charge on any atom is -0.465 e. The van der Waals surface area contributed by atoms with Crippen LogP contribution in [0.3, 0.4) is 0 Å². The topological polar surface area (TPSA) is 52.3 Å². The van der Waals surface area contributed by atoms with Gasteiger partial charge in [-0.25, -0.2) is 18.0 Å². The van der Waals surface area contributed by atoms with Crippen LogP contribution in [0.5, 0.6) is 0 Å². The highest BCUT2D eigenvalue weighted by Crippen LogP contribution is 2.28. The Labute approximate surface area is 105 Å². The SMILES string of the molecule is COC(=O)c1c(-c2cc(F)c(F)c(F)c2)noc1C. The van der Waals surface area contributed by atoms with Crippen molar-refractivity contribution in [2.75, 3.05) is 7.11 Å². The average Bonchev–Trinajstić information content (AvgIpc) is 2.76. The molecule has 0 fully saturated rings. The highest BCUT2D eigenvalue weighted by atomic mass is 19.2. The molecule has 0 N–H and O–H groups in total. The normalized spacial score (nSPS) is 10.6. The first-order valence-electron chi connectivity index (χ1n) is 5.15. The lowest BCUT2D eigenvalue weighted by molar-refractivity contribution is 0.0599. The standard InChI is InChI=1S/C12H8F3NO3/c1-5-9(12(17)18-2)11(16-19-5)6-3-7(13)10(15)8(14)4-6/h3-4H,1-2H3. The van der Waals surface area contributed by atoms with Crippen molar-refractivity contribution in [2.24, 2.45) is 0 Å². The number of hydrogen-bond acceptors (Lipinski definition) is 4. The molecular weight excluding hydrogens is 263 g/mol. The Kier molecular flexibility index (Phi) is 3.28. The monoisotopic (exact) mass is 271 g/mol. The summed E-state index contributed by atoms with van der Waals surface area (Å²) < 4.78 is 48.5. The van der Waals surface area contributed by atoms with Gasteiger partial charge in [0, 0.05) is 5.56 Å². The number of carbonyl (C=O) groups excluding carboxylic acids is 1. The van der Waals surface area contributed by atoms with Crippen LogP contribution < -0.4 is 0 Å². The largest absolute Gasteiger partial charge is 0.465 e. The number of nitrogens with zero attached hydrogens (tertiary/aromatic N) is 1. The van der Waals surface area contributed by atoms with Crippen molar-refractivity contribution in [1.82, 2.24) is 5.16 Å². The molecule has 2 rings (SSSR count). The second-order valence-electron chi connectivity index (χ2n) is 3.71. The highest BCUT2D eigenvalue weighted by Gasteiger charge is 2.24. The van der Waals surface area contributed by atoms with E-state index in [0.29, 0.717) is 0 Å². The van der Waals surface area contributed by atoms with Gasteiger partial charge in [-0.3, -0.25) is 0 Å². The molecule has 4 nitrogen and oxygen atoms in total. The van der Waals surface area contributed by atoms with Crippen LogP contribution in [0.2, 0.25) is 0 Å². The third-order valence-electron chi connectivity index (χ3n) is 2.51. The number of methoxy groups -OCH3 is 1. The highest BCUT2D eigenvalue weighted by molar-refractivity contribution is 5.96. The number of rotatable bonds is 2. The molecule has 1 heterocycles. The Bertz CT molecular complexity index is 629. The summed E-state index contributed by atoms with van der Waals surface area (Å²) in [5.41, 5.74) is -0.288. The molecule has 0 amide bonds. The maximum atomic E-state index is 13.2. The second-order valence-corrected chi connectivity index (χ2v) is 3.71. The first kappa shape index (κ1) is 13.1. The van der Waals surface area contributed by atoms with Crippen LogP contribution in [0.1, 0.15) is 16.1 Å². The summed E-state index contributed by atoms with van der Waals surface area (Å²) in [6.45, 7) is 1.44. The Morgan fingerprint density at radius 1 is 1.26 bits per heavy atom. The number of aromatic nitrogens is 1. The number of carbonyl (C=O) groups is 1. The van der Waals surface area contributed by atoms with Gasteiger partial charge in [0.1, 0.15) is 17.0 Å². The second kappa shape index (κ2) is 4.75. The summed E-state index contributed by atoms with van der Waals surface area (Å²) in [7, 11) is 1.14. The summed E-state index contributed by atoms with van der Waals surface area (Å²) in [6, 6.07) is 1.45. The lowest BCUT2D eigenvalue weighted by atomic mass is 10.1. The maximum Gasteiger partial charge on any atom is 0.343 e. The molecule has 0 saturated carbocycles. The molecular formula is C12H8F3NO3. The van der Waals surface area contributed by atoms with Gasteiger partial charge in [0.2, 0.25) is 0 Å². The molecule has 0 atom stereocenters. The van der Waals surface area contributed by atoms with E-state index in [4.69, 9.17) is 4.52 Å². The maximum absolute atomic E-state index is 13.2. The van der Waals surface area contributed by atoms with Gasteiger partial charge >= 0.3 is 5.97 Å². The lowest BCUT2D eigenvalue weighted by Gasteiger charge is -2.02. The van der Waals surface area contributed by atoms with Crippen molar-refractivity contribution in [2.45, 2.75) is 6.92 Å². The number of hydrogen-bond donors (Lipinski definition) is 0. The molecule has 1 aromatic heterocycles. The quantitative estimate of drug-likeness (QED) is 0.622. The van der Waals surface area contributed by atoms with E-state index in [-0.39, 0.29) is 22.6 Å². The number of halogens is 3. The average molecular weight is 271 g/mol. The van der Waals surface area contributed by atoms with Crippen molar-refractivity contribution in [3.8, 4) is 11.3 Å². The molecule has 0 aliphatic carbocycles. The van der Waals surface area contributed by atoms with Gasteiger partial charge in [0.15, 0.2) is 17.5 Å². The van der Waals surface area contributed by atoms with Gasteiger partial charge in [0.05, 0.1) is 7.11 Å². The number of esters is 1. The first-order valence-corrected chi connectivity index (χ1v) is 5.15. The van der Waals surface area contributed by atoms with Gasteiger partial charge in [-0.15, -0.1) is 0 Å². The zero-order chi connectivity index (χ0) is 14.2. The molecule has 0 aliphatic heterocycles. The van der Waals surface area contributed by atoms with Crippen molar-refractivity contribution < 1.29 is 27.2 Å². The zero-order valence-electron chi connectivity index (χ0n) is 9.96. The smallest absolute Gasteiger partial charge is 0.343 e. The number of benzene rings is 1. The minimum absolute atomic E-state index is 0.0621. The summed E-state index contributed by atoms with van der Waals surface area (Å²) in [5.74, 6) is -4.99. The lowest BCUT2D eigenvalue weighted by Crippen LogP contribution is -2.04. The molecule has 0 aliphatic rings. The Morgan fingerprint density at radius 2 is 1.84 bits per heavy atom.